The zero-order valence-corrected chi connectivity index (χ0v) is 17.0. The van der Waals surface area contributed by atoms with Crippen molar-refractivity contribution >= 4 is 23.4 Å². The van der Waals surface area contributed by atoms with Crippen molar-refractivity contribution in [1.29, 1.82) is 0 Å². The van der Waals surface area contributed by atoms with Crippen LogP contribution < -0.4 is 5.32 Å². The maximum Gasteiger partial charge on any atom is 0.257 e. The molecule has 0 saturated carbocycles. The topological polar surface area (TPSA) is 65.8 Å². The minimum absolute atomic E-state index is 0.0232. The standard InChI is InChI=1S/C21H26ClN3O3/c1-24(2)19(17-7-3-4-8-18(17)22)12-23-20(26)15-6-5-10-25(13-15)21(27)16-9-11-28-14-16/h3-4,7-9,11,14-15,19H,5-6,10,12-13H2,1-2H3,(H,23,26)/t15-,19+/m0/s1. The highest BCUT2D eigenvalue weighted by Crippen LogP contribution is 2.26. The van der Waals surface area contributed by atoms with Crippen LogP contribution in [0.2, 0.25) is 5.02 Å². The maximum atomic E-state index is 12.8. The molecule has 1 aliphatic rings. The number of carbonyl (C=O) groups excluding carboxylic acids is 2. The Balaban J connectivity index is 1.60. The highest BCUT2D eigenvalue weighted by atomic mass is 35.5. The molecule has 1 fully saturated rings. The Bertz CT molecular complexity index is 807. The molecule has 150 valence electrons. The van der Waals surface area contributed by atoms with Crippen LogP contribution in [0.5, 0.6) is 0 Å². The zero-order chi connectivity index (χ0) is 20.1. The summed E-state index contributed by atoms with van der Waals surface area (Å²) in [6.07, 6.45) is 4.51. The summed E-state index contributed by atoms with van der Waals surface area (Å²) < 4.78 is 5.00. The first-order valence-electron chi connectivity index (χ1n) is 9.47. The van der Waals surface area contributed by atoms with Crippen molar-refractivity contribution in [3.8, 4) is 0 Å². The van der Waals surface area contributed by atoms with Crippen molar-refractivity contribution in [3.05, 3.63) is 59.0 Å². The average molecular weight is 404 g/mol. The van der Waals surface area contributed by atoms with E-state index in [1.807, 2.05) is 43.3 Å². The molecule has 1 aromatic heterocycles. The summed E-state index contributed by atoms with van der Waals surface area (Å²) in [5, 5.41) is 3.74. The Hall–Kier alpha value is -2.31. The normalized spacial score (nSPS) is 18.1. The van der Waals surface area contributed by atoms with E-state index in [0.29, 0.717) is 30.2 Å². The first-order valence-corrected chi connectivity index (χ1v) is 9.85. The van der Waals surface area contributed by atoms with Gasteiger partial charge in [-0.25, -0.2) is 0 Å². The third-order valence-electron chi connectivity index (χ3n) is 5.20. The first kappa shape index (κ1) is 20.4. The summed E-state index contributed by atoms with van der Waals surface area (Å²) in [6.45, 7) is 1.55. The van der Waals surface area contributed by atoms with E-state index in [4.69, 9.17) is 16.0 Å². The van der Waals surface area contributed by atoms with Crippen molar-refractivity contribution in [2.45, 2.75) is 18.9 Å². The van der Waals surface area contributed by atoms with Crippen LogP contribution in [0, 0.1) is 5.92 Å². The SMILES string of the molecule is CN(C)[C@H](CNC(=O)[C@H]1CCCN(C(=O)c2ccoc2)C1)c1ccccc1Cl. The molecular formula is C21H26ClN3O3. The number of likely N-dealkylation sites (N-methyl/N-ethyl adjacent to an activating group) is 1. The predicted molar refractivity (Wildman–Crippen MR) is 108 cm³/mol. The fraction of sp³-hybridized carbons (Fsp3) is 0.429. The first-order chi connectivity index (χ1) is 13.5. The van der Waals surface area contributed by atoms with Gasteiger partial charge < -0.3 is 19.5 Å². The third kappa shape index (κ3) is 4.75. The number of nitrogens with one attached hydrogen (secondary N) is 1. The molecule has 1 saturated heterocycles. The van der Waals surface area contributed by atoms with Gasteiger partial charge in [-0.05, 0) is 44.6 Å². The Morgan fingerprint density at radius 2 is 2.11 bits per heavy atom. The van der Waals surface area contributed by atoms with Gasteiger partial charge in [-0.1, -0.05) is 29.8 Å². The second-order valence-electron chi connectivity index (χ2n) is 7.35. The van der Waals surface area contributed by atoms with Gasteiger partial charge >= 0.3 is 0 Å². The lowest BCUT2D eigenvalue weighted by molar-refractivity contribution is -0.126. The summed E-state index contributed by atoms with van der Waals surface area (Å²) in [4.78, 5) is 29.1. The number of carbonyl (C=O) groups is 2. The largest absolute Gasteiger partial charge is 0.472 e. The van der Waals surface area contributed by atoms with Crippen LogP contribution in [0.1, 0.15) is 34.8 Å². The van der Waals surface area contributed by atoms with Gasteiger partial charge in [0.25, 0.3) is 5.91 Å². The summed E-state index contributed by atoms with van der Waals surface area (Å²) in [6, 6.07) is 9.30. The highest BCUT2D eigenvalue weighted by molar-refractivity contribution is 6.31. The minimum Gasteiger partial charge on any atom is -0.472 e. The fourth-order valence-electron chi connectivity index (χ4n) is 3.60. The van der Waals surface area contributed by atoms with Crippen molar-refractivity contribution in [2.75, 3.05) is 33.7 Å². The predicted octanol–water partition coefficient (Wildman–Crippen LogP) is 3.20. The molecule has 1 N–H and O–H groups in total. The molecule has 1 aliphatic heterocycles. The van der Waals surface area contributed by atoms with E-state index in [9.17, 15) is 9.59 Å². The molecule has 2 heterocycles. The number of hydrogen-bond donors (Lipinski definition) is 1. The van der Waals surface area contributed by atoms with Gasteiger partial charge in [0.1, 0.15) is 6.26 Å². The molecule has 0 aliphatic carbocycles. The van der Waals surface area contributed by atoms with Gasteiger partial charge in [0.05, 0.1) is 23.8 Å². The van der Waals surface area contributed by atoms with Gasteiger partial charge in [0.15, 0.2) is 0 Å². The molecule has 0 bridgehead atoms. The van der Waals surface area contributed by atoms with Crippen molar-refractivity contribution < 1.29 is 14.0 Å². The van der Waals surface area contributed by atoms with Crippen LogP contribution in [0.25, 0.3) is 0 Å². The summed E-state index contributed by atoms with van der Waals surface area (Å²) >= 11 is 6.34. The number of nitrogens with zero attached hydrogens (tertiary/aromatic N) is 2. The van der Waals surface area contributed by atoms with Gasteiger partial charge in [-0.3, -0.25) is 9.59 Å². The Labute approximate surface area is 170 Å². The number of rotatable bonds is 6. The minimum atomic E-state index is -0.210. The van der Waals surface area contributed by atoms with Crippen molar-refractivity contribution in [2.24, 2.45) is 5.92 Å². The quantitative estimate of drug-likeness (QED) is 0.804. The lowest BCUT2D eigenvalue weighted by Crippen LogP contribution is -2.46. The molecule has 2 amide bonds. The van der Waals surface area contributed by atoms with E-state index < -0.39 is 0 Å². The van der Waals surface area contributed by atoms with Crippen LogP contribution in [0.3, 0.4) is 0 Å². The third-order valence-corrected chi connectivity index (χ3v) is 5.55. The van der Waals surface area contributed by atoms with E-state index >= 15 is 0 Å². The van der Waals surface area contributed by atoms with Gasteiger partial charge in [-0.15, -0.1) is 0 Å². The summed E-state index contributed by atoms with van der Waals surface area (Å²) in [7, 11) is 3.93. The number of furan rings is 1. The number of hydrogen-bond acceptors (Lipinski definition) is 4. The summed E-state index contributed by atoms with van der Waals surface area (Å²) in [5.41, 5.74) is 1.50. The monoisotopic (exact) mass is 403 g/mol. The molecule has 6 nitrogen and oxygen atoms in total. The molecule has 2 aromatic rings. The van der Waals surface area contributed by atoms with Crippen LogP contribution >= 0.6 is 11.6 Å². The highest BCUT2D eigenvalue weighted by Gasteiger charge is 2.30. The number of piperidine rings is 1. The van der Waals surface area contributed by atoms with Gasteiger partial charge in [0, 0.05) is 24.7 Å². The molecule has 0 radical (unpaired) electrons. The van der Waals surface area contributed by atoms with Gasteiger partial charge in [0.2, 0.25) is 5.91 Å². The van der Waals surface area contributed by atoms with E-state index in [0.717, 1.165) is 18.4 Å². The molecule has 0 unspecified atom stereocenters. The Kier molecular flexibility index (Phi) is 6.75. The number of halogens is 1. The van der Waals surface area contributed by atoms with Crippen LogP contribution in [0.4, 0.5) is 0 Å². The van der Waals surface area contributed by atoms with E-state index in [2.05, 4.69) is 5.32 Å². The summed E-state index contributed by atoms with van der Waals surface area (Å²) in [5.74, 6) is -0.323. The molecule has 2 atom stereocenters. The van der Waals surface area contributed by atoms with Crippen LogP contribution in [-0.4, -0.2) is 55.3 Å². The second-order valence-corrected chi connectivity index (χ2v) is 7.76. The van der Waals surface area contributed by atoms with Gasteiger partial charge in [-0.2, -0.15) is 0 Å². The van der Waals surface area contributed by atoms with E-state index in [1.54, 1.807) is 11.0 Å². The smallest absolute Gasteiger partial charge is 0.257 e. The molecule has 1 aromatic carbocycles. The fourth-order valence-corrected chi connectivity index (χ4v) is 3.86. The molecule has 0 spiro atoms. The van der Waals surface area contributed by atoms with Crippen molar-refractivity contribution in [1.82, 2.24) is 15.1 Å². The average Bonchev–Trinajstić information content (AvgIpc) is 3.23. The molecule has 7 heteroatoms. The Morgan fingerprint density at radius 1 is 1.32 bits per heavy atom. The lowest BCUT2D eigenvalue weighted by Gasteiger charge is -2.32. The molecule has 28 heavy (non-hydrogen) atoms. The zero-order valence-electron chi connectivity index (χ0n) is 16.2. The number of benzene rings is 1. The van der Waals surface area contributed by atoms with E-state index in [-0.39, 0.29) is 23.8 Å². The second kappa shape index (κ2) is 9.26. The van der Waals surface area contributed by atoms with Crippen molar-refractivity contribution in [3.63, 3.8) is 0 Å². The number of amides is 2. The van der Waals surface area contributed by atoms with Crippen LogP contribution in [-0.2, 0) is 4.79 Å². The van der Waals surface area contributed by atoms with E-state index in [1.165, 1.54) is 12.5 Å². The number of likely N-dealkylation sites (tertiary alicyclic amines) is 1. The van der Waals surface area contributed by atoms with Crippen LogP contribution in [0.15, 0.2) is 47.3 Å². The molecule has 3 rings (SSSR count). The lowest BCUT2D eigenvalue weighted by atomic mass is 9.96. The molecular weight excluding hydrogens is 378 g/mol. The maximum absolute atomic E-state index is 12.8. The Morgan fingerprint density at radius 3 is 2.79 bits per heavy atom.